The Bertz CT molecular complexity index is 893. The van der Waals surface area contributed by atoms with Gasteiger partial charge in [0.2, 0.25) is 11.1 Å². The summed E-state index contributed by atoms with van der Waals surface area (Å²) in [6.07, 6.45) is 3.39. The summed E-state index contributed by atoms with van der Waals surface area (Å²) in [4.78, 5) is 32.0. The molecule has 0 bridgehead atoms. The fourth-order valence-corrected chi connectivity index (χ4v) is 2.96. The molecule has 3 rings (SSSR count). The fourth-order valence-electron chi connectivity index (χ4n) is 2.18. The molecule has 0 aliphatic heterocycles. The average molecular weight is 371 g/mol. The predicted molar refractivity (Wildman–Crippen MR) is 95.7 cm³/mol. The Labute approximate surface area is 154 Å². The number of esters is 1. The minimum absolute atomic E-state index is 0.126. The Balaban J connectivity index is 1.54. The molecule has 1 amide bonds. The number of thioether (sulfide) groups is 1. The van der Waals surface area contributed by atoms with E-state index in [-0.39, 0.29) is 17.1 Å². The number of ether oxygens (including phenoxy) is 1. The largest absolute Gasteiger partial charge is 0.465 e. The standard InChI is InChI=1S/C17H17N5O3S/c1-11(26-17-20-16-18-8-3-9-22(16)21-17)14(23)19-10-12-4-6-13(7-5-12)15(24)25-2/h3-9,11H,10H2,1-2H3,(H,19,23)/t11-/m1/s1. The molecule has 0 radical (unpaired) electrons. The summed E-state index contributed by atoms with van der Waals surface area (Å²) in [5.74, 6) is -0.0211. The molecular formula is C17H17N5O3S. The molecule has 0 unspecified atom stereocenters. The van der Waals surface area contributed by atoms with Crippen molar-refractivity contribution in [2.24, 2.45) is 0 Å². The third kappa shape index (κ3) is 4.17. The lowest BCUT2D eigenvalue weighted by Crippen LogP contribution is -2.30. The van der Waals surface area contributed by atoms with Crippen molar-refractivity contribution in [2.45, 2.75) is 23.9 Å². The van der Waals surface area contributed by atoms with Gasteiger partial charge in [-0.25, -0.2) is 14.3 Å². The zero-order valence-corrected chi connectivity index (χ0v) is 15.1. The number of hydrogen-bond donors (Lipinski definition) is 1. The Morgan fingerprint density at radius 2 is 2.08 bits per heavy atom. The fraction of sp³-hybridized carbons (Fsp3) is 0.235. The van der Waals surface area contributed by atoms with Gasteiger partial charge in [0.1, 0.15) is 0 Å². The molecule has 1 N–H and O–H groups in total. The second kappa shape index (κ2) is 7.96. The third-order valence-corrected chi connectivity index (χ3v) is 4.54. The molecule has 0 saturated heterocycles. The molecule has 26 heavy (non-hydrogen) atoms. The molecule has 8 nitrogen and oxygen atoms in total. The van der Waals surface area contributed by atoms with Crippen LogP contribution in [0.4, 0.5) is 0 Å². The van der Waals surface area contributed by atoms with E-state index in [0.717, 1.165) is 5.56 Å². The van der Waals surface area contributed by atoms with Crippen molar-refractivity contribution in [1.29, 1.82) is 0 Å². The lowest BCUT2D eigenvalue weighted by molar-refractivity contribution is -0.120. The molecule has 1 atom stereocenters. The van der Waals surface area contributed by atoms with Gasteiger partial charge in [-0.15, -0.1) is 5.10 Å². The van der Waals surface area contributed by atoms with E-state index in [1.165, 1.54) is 18.9 Å². The molecule has 134 valence electrons. The first-order valence-corrected chi connectivity index (χ1v) is 8.74. The van der Waals surface area contributed by atoms with Crippen LogP contribution in [0.15, 0.2) is 47.9 Å². The van der Waals surface area contributed by atoms with E-state index in [9.17, 15) is 9.59 Å². The Hall–Kier alpha value is -2.94. The molecule has 0 spiro atoms. The van der Waals surface area contributed by atoms with Crippen molar-refractivity contribution in [2.75, 3.05) is 7.11 Å². The van der Waals surface area contributed by atoms with Gasteiger partial charge in [0.15, 0.2) is 0 Å². The lowest BCUT2D eigenvalue weighted by Gasteiger charge is -2.10. The Morgan fingerprint density at radius 3 is 2.77 bits per heavy atom. The van der Waals surface area contributed by atoms with Crippen LogP contribution < -0.4 is 5.32 Å². The summed E-state index contributed by atoms with van der Waals surface area (Å²) in [6, 6.07) is 8.65. The number of benzene rings is 1. The highest BCUT2D eigenvalue weighted by molar-refractivity contribution is 8.00. The average Bonchev–Trinajstić information content (AvgIpc) is 3.08. The Kier molecular flexibility index (Phi) is 5.47. The van der Waals surface area contributed by atoms with Crippen molar-refractivity contribution in [3.63, 3.8) is 0 Å². The van der Waals surface area contributed by atoms with Crippen LogP contribution >= 0.6 is 11.8 Å². The van der Waals surface area contributed by atoms with Crippen LogP contribution in [0.2, 0.25) is 0 Å². The highest BCUT2D eigenvalue weighted by Gasteiger charge is 2.17. The van der Waals surface area contributed by atoms with Crippen molar-refractivity contribution < 1.29 is 14.3 Å². The summed E-state index contributed by atoms with van der Waals surface area (Å²) in [5, 5.41) is 7.27. The number of carbonyl (C=O) groups excluding carboxylic acids is 2. The van der Waals surface area contributed by atoms with E-state index in [2.05, 4.69) is 25.1 Å². The summed E-state index contributed by atoms with van der Waals surface area (Å²) in [5.41, 5.74) is 1.36. The number of nitrogens with zero attached hydrogens (tertiary/aromatic N) is 4. The monoisotopic (exact) mass is 371 g/mol. The zero-order chi connectivity index (χ0) is 18.5. The summed E-state index contributed by atoms with van der Waals surface area (Å²) < 4.78 is 6.22. The minimum atomic E-state index is -0.389. The van der Waals surface area contributed by atoms with Crippen LogP contribution in [-0.4, -0.2) is 43.8 Å². The maximum Gasteiger partial charge on any atom is 0.337 e. The van der Waals surface area contributed by atoms with Crippen LogP contribution in [0, 0.1) is 0 Å². The second-order valence-electron chi connectivity index (χ2n) is 5.43. The lowest BCUT2D eigenvalue weighted by atomic mass is 10.1. The van der Waals surface area contributed by atoms with E-state index in [4.69, 9.17) is 0 Å². The SMILES string of the molecule is COC(=O)c1ccc(CNC(=O)[C@@H](C)Sc2nc3ncccn3n2)cc1. The summed E-state index contributed by atoms with van der Waals surface area (Å²) in [7, 11) is 1.34. The number of nitrogens with one attached hydrogen (secondary N) is 1. The van der Waals surface area contributed by atoms with Gasteiger partial charge in [0.25, 0.3) is 5.78 Å². The summed E-state index contributed by atoms with van der Waals surface area (Å²) in [6.45, 7) is 2.16. The van der Waals surface area contributed by atoms with Gasteiger partial charge in [-0.3, -0.25) is 4.79 Å². The van der Waals surface area contributed by atoms with Crippen LogP contribution in [0.1, 0.15) is 22.8 Å². The van der Waals surface area contributed by atoms with Crippen LogP contribution in [0.5, 0.6) is 0 Å². The molecule has 3 aromatic rings. The topological polar surface area (TPSA) is 98.5 Å². The summed E-state index contributed by atoms with van der Waals surface area (Å²) >= 11 is 1.27. The minimum Gasteiger partial charge on any atom is -0.465 e. The first kappa shape index (κ1) is 17.9. The van der Waals surface area contributed by atoms with Crippen molar-refractivity contribution >= 4 is 29.4 Å². The first-order chi connectivity index (χ1) is 12.6. The second-order valence-corrected chi connectivity index (χ2v) is 6.73. The number of fused-ring (bicyclic) bond motifs is 1. The maximum absolute atomic E-state index is 12.3. The number of carbonyl (C=O) groups is 2. The number of amides is 1. The molecule has 1 aromatic carbocycles. The van der Waals surface area contributed by atoms with Crippen molar-refractivity contribution in [3.8, 4) is 0 Å². The molecule has 2 heterocycles. The molecular weight excluding hydrogens is 354 g/mol. The van der Waals surface area contributed by atoms with Gasteiger partial charge < -0.3 is 10.1 Å². The predicted octanol–water partition coefficient (Wildman–Crippen LogP) is 1.71. The molecule has 2 aromatic heterocycles. The smallest absolute Gasteiger partial charge is 0.337 e. The number of rotatable bonds is 6. The van der Waals surface area contributed by atoms with Gasteiger partial charge in [0.05, 0.1) is 17.9 Å². The van der Waals surface area contributed by atoms with Gasteiger partial charge >= 0.3 is 5.97 Å². The van der Waals surface area contributed by atoms with Gasteiger partial charge in [-0.1, -0.05) is 23.9 Å². The van der Waals surface area contributed by atoms with Crippen molar-refractivity contribution in [1.82, 2.24) is 24.9 Å². The van der Waals surface area contributed by atoms with E-state index >= 15 is 0 Å². The molecule has 0 aliphatic carbocycles. The number of methoxy groups -OCH3 is 1. The van der Waals surface area contributed by atoms with Crippen LogP contribution in [-0.2, 0) is 16.1 Å². The van der Waals surface area contributed by atoms with Crippen molar-refractivity contribution in [3.05, 3.63) is 53.9 Å². The highest BCUT2D eigenvalue weighted by atomic mass is 32.2. The zero-order valence-electron chi connectivity index (χ0n) is 14.2. The number of hydrogen-bond acceptors (Lipinski definition) is 7. The van der Waals surface area contributed by atoms with Crippen LogP contribution in [0.25, 0.3) is 5.78 Å². The quantitative estimate of drug-likeness (QED) is 0.520. The molecule has 0 aliphatic rings. The third-order valence-electron chi connectivity index (χ3n) is 3.59. The first-order valence-electron chi connectivity index (χ1n) is 7.86. The van der Waals surface area contributed by atoms with Crippen LogP contribution in [0.3, 0.4) is 0 Å². The Morgan fingerprint density at radius 1 is 1.31 bits per heavy atom. The molecule has 0 fully saturated rings. The van der Waals surface area contributed by atoms with E-state index < -0.39 is 0 Å². The highest BCUT2D eigenvalue weighted by Crippen LogP contribution is 2.20. The van der Waals surface area contributed by atoms with E-state index in [1.54, 1.807) is 54.2 Å². The van der Waals surface area contributed by atoms with Gasteiger partial charge in [0, 0.05) is 18.9 Å². The van der Waals surface area contributed by atoms with E-state index in [0.29, 0.717) is 23.0 Å². The maximum atomic E-state index is 12.3. The van der Waals surface area contributed by atoms with Gasteiger partial charge in [-0.2, -0.15) is 4.98 Å². The molecule has 9 heteroatoms. The number of aromatic nitrogens is 4. The molecule has 0 saturated carbocycles. The normalized spacial score (nSPS) is 11.9. The van der Waals surface area contributed by atoms with Gasteiger partial charge in [-0.05, 0) is 30.7 Å². The van der Waals surface area contributed by atoms with E-state index in [1.807, 2.05) is 0 Å².